The van der Waals surface area contributed by atoms with E-state index in [9.17, 15) is 9.59 Å². The quantitative estimate of drug-likeness (QED) is 0.834. The Hall–Kier alpha value is -3.02. The number of esters is 1. The van der Waals surface area contributed by atoms with Gasteiger partial charge in [0.25, 0.3) is 5.91 Å². The molecule has 136 valence electrons. The first-order valence-corrected chi connectivity index (χ1v) is 8.45. The molecule has 1 amide bonds. The van der Waals surface area contributed by atoms with Gasteiger partial charge in [-0.1, -0.05) is 42.0 Å². The number of amides is 1. The summed E-state index contributed by atoms with van der Waals surface area (Å²) in [5.41, 5.74) is 2.13. The van der Waals surface area contributed by atoms with Crippen LogP contribution in [0, 0.1) is 6.92 Å². The molecule has 6 nitrogen and oxygen atoms in total. The zero-order chi connectivity index (χ0) is 18.5. The number of para-hydroxylation sites is 2. The number of benzene rings is 2. The molecule has 1 aliphatic heterocycles. The number of carbonyl (C=O) groups excluding carboxylic acids is 2. The summed E-state index contributed by atoms with van der Waals surface area (Å²) in [5.74, 6) is 0.0751. The largest absolute Gasteiger partial charge is 0.485 e. The van der Waals surface area contributed by atoms with Gasteiger partial charge in [0.2, 0.25) is 6.10 Å². The predicted octanol–water partition coefficient (Wildman–Crippen LogP) is 2.38. The molecule has 0 spiro atoms. The third-order valence-electron chi connectivity index (χ3n) is 4.02. The monoisotopic (exact) mass is 355 g/mol. The molecule has 1 aliphatic rings. The number of carbonyl (C=O) groups is 2. The maximum atomic E-state index is 12.2. The van der Waals surface area contributed by atoms with Crippen LogP contribution in [0.5, 0.6) is 11.5 Å². The minimum absolute atomic E-state index is 0.0492. The van der Waals surface area contributed by atoms with Crippen LogP contribution in [0.4, 0.5) is 0 Å². The van der Waals surface area contributed by atoms with Crippen LogP contribution >= 0.6 is 0 Å². The van der Waals surface area contributed by atoms with Crippen molar-refractivity contribution in [1.82, 2.24) is 5.32 Å². The van der Waals surface area contributed by atoms with Gasteiger partial charge in [-0.2, -0.15) is 0 Å². The van der Waals surface area contributed by atoms with E-state index in [1.807, 2.05) is 37.3 Å². The van der Waals surface area contributed by atoms with Gasteiger partial charge in [-0.3, -0.25) is 4.79 Å². The van der Waals surface area contributed by atoms with Gasteiger partial charge in [-0.15, -0.1) is 0 Å². The minimum atomic E-state index is -0.922. The second-order valence-corrected chi connectivity index (χ2v) is 6.15. The van der Waals surface area contributed by atoms with Crippen molar-refractivity contribution in [1.29, 1.82) is 0 Å². The molecule has 26 heavy (non-hydrogen) atoms. The second-order valence-electron chi connectivity index (χ2n) is 6.15. The second kappa shape index (κ2) is 7.91. The van der Waals surface area contributed by atoms with Crippen LogP contribution in [-0.4, -0.2) is 30.7 Å². The zero-order valence-corrected chi connectivity index (χ0v) is 14.7. The fraction of sp³-hybridized carbons (Fsp3) is 0.300. The number of aryl methyl sites for hydroxylation is 1. The third kappa shape index (κ3) is 4.33. The summed E-state index contributed by atoms with van der Waals surface area (Å²) in [6.07, 6.45) is -1.81. The van der Waals surface area contributed by atoms with E-state index in [0.717, 1.165) is 11.1 Å². The van der Waals surface area contributed by atoms with Gasteiger partial charge in [0.05, 0.1) is 0 Å². The molecule has 2 atom stereocenters. The molecule has 1 heterocycles. The van der Waals surface area contributed by atoms with Crippen LogP contribution in [0.2, 0.25) is 0 Å². The van der Waals surface area contributed by atoms with E-state index in [0.29, 0.717) is 18.0 Å². The lowest BCUT2D eigenvalue weighted by Crippen LogP contribution is -2.42. The van der Waals surface area contributed by atoms with Crippen LogP contribution < -0.4 is 14.8 Å². The normalized spacial score (nSPS) is 16.5. The Morgan fingerprint density at radius 2 is 1.85 bits per heavy atom. The molecule has 0 bridgehead atoms. The first kappa shape index (κ1) is 17.8. The van der Waals surface area contributed by atoms with Gasteiger partial charge in [0.1, 0.15) is 6.61 Å². The lowest BCUT2D eigenvalue weighted by molar-refractivity contribution is -0.163. The molecule has 1 N–H and O–H groups in total. The van der Waals surface area contributed by atoms with Gasteiger partial charge in [-0.05, 0) is 31.5 Å². The van der Waals surface area contributed by atoms with E-state index in [-0.39, 0.29) is 12.5 Å². The van der Waals surface area contributed by atoms with Gasteiger partial charge >= 0.3 is 5.97 Å². The summed E-state index contributed by atoms with van der Waals surface area (Å²) < 4.78 is 16.3. The van der Waals surface area contributed by atoms with Gasteiger partial charge < -0.3 is 19.5 Å². The highest BCUT2D eigenvalue weighted by Gasteiger charge is 2.31. The van der Waals surface area contributed by atoms with Crippen LogP contribution in [0.1, 0.15) is 18.1 Å². The summed E-state index contributed by atoms with van der Waals surface area (Å²) in [7, 11) is 0. The van der Waals surface area contributed by atoms with Gasteiger partial charge in [-0.25, -0.2) is 4.79 Å². The molecule has 0 saturated carbocycles. The average molecular weight is 355 g/mol. The molecule has 0 aliphatic carbocycles. The number of rotatable bonds is 5. The molecule has 0 aromatic heterocycles. The van der Waals surface area contributed by atoms with Crippen molar-refractivity contribution >= 4 is 11.9 Å². The third-order valence-corrected chi connectivity index (χ3v) is 4.02. The maximum Gasteiger partial charge on any atom is 0.351 e. The first-order valence-electron chi connectivity index (χ1n) is 8.45. The van der Waals surface area contributed by atoms with E-state index < -0.39 is 18.2 Å². The number of hydrogen-bond donors (Lipinski definition) is 1. The van der Waals surface area contributed by atoms with Crippen LogP contribution in [0.25, 0.3) is 0 Å². The fourth-order valence-corrected chi connectivity index (χ4v) is 2.48. The van der Waals surface area contributed by atoms with Crippen LogP contribution in [0.3, 0.4) is 0 Å². The molecule has 2 aromatic carbocycles. The summed E-state index contributed by atoms with van der Waals surface area (Å²) in [6.45, 7) is 3.95. The van der Waals surface area contributed by atoms with E-state index in [1.54, 1.807) is 18.2 Å². The molecular weight excluding hydrogens is 334 g/mol. The van der Waals surface area contributed by atoms with Gasteiger partial charge in [0, 0.05) is 6.54 Å². The molecule has 0 unspecified atom stereocenters. The maximum absolute atomic E-state index is 12.2. The Morgan fingerprint density at radius 1 is 1.15 bits per heavy atom. The van der Waals surface area contributed by atoms with Crippen molar-refractivity contribution in [2.75, 3.05) is 6.61 Å². The van der Waals surface area contributed by atoms with E-state index in [4.69, 9.17) is 14.2 Å². The molecule has 2 aromatic rings. The Kier molecular flexibility index (Phi) is 5.41. The molecule has 3 rings (SSSR count). The molecule has 6 heteroatoms. The lowest BCUT2D eigenvalue weighted by Gasteiger charge is -2.25. The summed E-state index contributed by atoms with van der Waals surface area (Å²) in [6, 6.07) is 14.9. The van der Waals surface area contributed by atoms with Crippen molar-refractivity contribution in [2.45, 2.75) is 32.6 Å². The van der Waals surface area contributed by atoms with Gasteiger partial charge in [0.15, 0.2) is 17.6 Å². The average Bonchev–Trinajstić information content (AvgIpc) is 2.66. The number of nitrogens with one attached hydrogen (secondary N) is 1. The SMILES string of the molecule is Cc1ccc(CNC(=O)[C@@H](C)OC(=O)[C@H]2COc3ccccc3O2)cc1. The molecular formula is C20H21NO5. The van der Waals surface area contributed by atoms with E-state index >= 15 is 0 Å². The molecule has 0 saturated heterocycles. The van der Waals surface area contributed by atoms with Crippen molar-refractivity contribution < 1.29 is 23.8 Å². The van der Waals surface area contributed by atoms with E-state index in [2.05, 4.69) is 5.32 Å². The van der Waals surface area contributed by atoms with Crippen molar-refractivity contribution in [3.05, 3.63) is 59.7 Å². The Labute approximate surface area is 152 Å². The van der Waals surface area contributed by atoms with Crippen LogP contribution in [0.15, 0.2) is 48.5 Å². The summed E-state index contributed by atoms with van der Waals surface area (Å²) in [5, 5.41) is 2.75. The summed E-state index contributed by atoms with van der Waals surface area (Å²) >= 11 is 0. The van der Waals surface area contributed by atoms with Crippen molar-refractivity contribution in [2.24, 2.45) is 0 Å². The Morgan fingerprint density at radius 3 is 2.58 bits per heavy atom. The number of hydrogen-bond acceptors (Lipinski definition) is 5. The standard InChI is InChI=1S/C20H21NO5/c1-13-7-9-15(10-8-13)11-21-19(22)14(2)25-20(23)18-12-24-16-5-3-4-6-17(16)26-18/h3-10,14,18H,11-12H2,1-2H3,(H,21,22)/t14-,18-/m1/s1. The lowest BCUT2D eigenvalue weighted by atomic mass is 10.1. The van der Waals surface area contributed by atoms with Crippen molar-refractivity contribution in [3.8, 4) is 11.5 Å². The summed E-state index contributed by atoms with van der Waals surface area (Å²) in [4.78, 5) is 24.4. The van der Waals surface area contributed by atoms with Crippen LogP contribution in [-0.2, 0) is 20.9 Å². The smallest absolute Gasteiger partial charge is 0.351 e. The molecule has 0 radical (unpaired) electrons. The highest BCUT2D eigenvalue weighted by molar-refractivity contribution is 5.84. The Bertz CT molecular complexity index is 787. The first-order chi connectivity index (χ1) is 12.5. The number of fused-ring (bicyclic) bond motifs is 1. The highest BCUT2D eigenvalue weighted by Crippen LogP contribution is 2.31. The van der Waals surface area contributed by atoms with E-state index in [1.165, 1.54) is 6.92 Å². The topological polar surface area (TPSA) is 73.9 Å². The minimum Gasteiger partial charge on any atom is -0.485 e. The Balaban J connectivity index is 1.49. The molecule has 0 fully saturated rings. The number of ether oxygens (including phenoxy) is 3. The zero-order valence-electron chi connectivity index (χ0n) is 14.7. The fourth-order valence-electron chi connectivity index (χ4n) is 2.48. The highest BCUT2D eigenvalue weighted by atomic mass is 16.6. The predicted molar refractivity (Wildman–Crippen MR) is 94.9 cm³/mol. The van der Waals surface area contributed by atoms with Crippen molar-refractivity contribution in [3.63, 3.8) is 0 Å².